The van der Waals surface area contributed by atoms with Gasteiger partial charge >= 0.3 is 0 Å². The van der Waals surface area contributed by atoms with Crippen molar-refractivity contribution < 1.29 is 0 Å². The molecule has 0 bridgehead atoms. The van der Waals surface area contributed by atoms with Gasteiger partial charge in [0.1, 0.15) is 0 Å². The summed E-state index contributed by atoms with van der Waals surface area (Å²) in [6.45, 7) is 7.25. The molecule has 0 aromatic carbocycles. The van der Waals surface area contributed by atoms with Gasteiger partial charge in [-0.1, -0.05) is 33.6 Å². The van der Waals surface area contributed by atoms with Crippen LogP contribution >= 0.6 is 0 Å². The van der Waals surface area contributed by atoms with Crippen LogP contribution in [0.5, 0.6) is 0 Å². The van der Waals surface area contributed by atoms with E-state index in [9.17, 15) is 0 Å². The molecule has 3 nitrogen and oxygen atoms in total. The van der Waals surface area contributed by atoms with E-state index in [0.717, 1.165) is 23.7 Å². The number of rotatable bonds is 4. The van der Waals surface area contributed by atoms with Crippen LogP contribution in [-0.2, 0) is 0 Å². The van der Waals surface area contributed by atoms with Crippen molar-refractivity contribution in [2.24, 2.45) is 29.5 Å². The van der Waals surface area contributed by atoms with E-state index in [-0.39, 0.29) is 5.54 Å². The molecule has 3 heteroatoms. The monoisotopic (exact) mass is 295 g/mol. The van der Waals surface area contributed by atoms with Crippen molar-refractivity contribution in [2.45, 2.75) is 77.3 Å². The molecule has 2 aliphatic rings. The quantitative estimate of drug-likeness (QED) is 0.617. The van der Waals surface area contributed by atoms with Crippen molar-refractivity contribution in [1.29, 1.82) is 0 Å². The van der Waals surface area contributed by atoms with Crippen molar-refractivity contribution in [1.82, 2.24) is 10.3 Å². The number of nitrogens with zero attached hydrogens (tertiary/aromatic N) is 1. The second-order valence-electron chi connectivity index (χ2n) is 8.52. The third kappa shape index (κ3) is 3.62. The summed E-state index contributed by atoms with van der Waals surface area (Å²) in [5.74, 6) is 9.34. The Morgan fingerprint density at radius 2 is 1.67 bits per heavy atom. The molecule has 3 N–H and O–H groups in total. The first-order valence-corrected chi connectivity index (χ1v) is 9.02. The SMILES string of the molecule is CC1CC(C)CC(C(NN)C2(N(C)C)CCCC(C)C2)C1. The molecule has 124 valence electrons. The Bertz CT molecular complexity index is 320. The first kappa shape index (κ1) is 17.2. The predicted octanol–water partition coefficient (Wildman–Crippen LogP) is 3.40. The first-order valence-electron chi connectivity index (χ1n) is 9.02. The zero-order chi connectivity index (χ0) is 15.6. The largest absolute Gasteiger partial charge is 0.302 e. The number of hydrazine groups is 1. The van der Waals surface area contributed by atoms with Crippen LogP contribution < -0.4 is 11.3 Å². The van der Waals surface area contributed by atoms with Crippen LogP contribution in [0, 0.1) is 23.7 Å². The van der Waals surface area contributed by atoms with Gasteiger partial charge in [0.2, 0.25) is 0 Å². The molecule has 0 heterocycles. The number of nitrogens with one attached hydrogen (secondary N) is 1. The average molecular weight is 296 g/mol. The Morgan fingerprint density at radius 1 is 1.05 bits per heavy atom. The molecule has 0 spiro atoms. The molecule has 0 aliphatic heterocycles. The topological polar surface area (TPSA) is 41.3 Å². The van der Waals surface area contributed by atoms with Crippen molar-refractivity contribution in [3.63, 3.8) is 0 Å². The molecule has 21 heavy (non-hydrogen) atoms. The summed E-state index contributed by atoms with van der Waals surface area (Å²) >= 11 is 0. The van der Waals surface area contributed by atoms with Crippen LogP contribution in [-0.4, -0.2) is 30.6 Å². The Hall–Kier alpha value is -0.120. The highest BCUT2D eigenvalue weighted by molar-refractivity contribution is 5.04. The van der Waals surface area contributed by atoms with Gasteiger partial charge in [-0.2, -0.15) is 0 Å². The zero-order valence-corrected chi connectivity index (χ0v) is 14.9. The summed E-state index contributed by atoms with van der Waals surface area (Å²) in [6, 6.07) is 0.431. The summed E-state index contributed by atoms with van der Waals surface area (Å²) in [5, 5.41) is 0. The van der Waals surface area contributed by atoms with Crippen molar-refractivity contribution in [2.75, 3.05) is 14.1 Å². The van der Waals surface area contributed by atoms with E-state index in [1.165, 1.54) is 44.9 Å². The lowest BCUT2D eigenvalue weighted by Crippen LogP contribution is -2.65. The van der Waals surface area contributed by atoms with E-state index in [0.29, 0.717) is 6.04 Å². The number of hydrogen-bond acceptors (Lipinski definition) is 3. The van der Waals surface area contributed by atoms with E-state index in [1.807, 2.05) is 0 Å². The van der Waals surface area contributed by atoms with Crippen LogP contribution in [0.4, 0.5) is 0 Å². The highest BCUT2D eigenvalue weighted by Gasteiger charge is 2.47. The van der Waals surface area contributed by atoms with E-state index in [2.05, 4.69) is 45.2 Å². The molecule has 0 radical (unpaired) electrons. The average Bonchev–Trinajstić information content (AvgIpc) is 2.38. The predicted molar refractivity (Wildman–Crippen MR) is 90.8 cm³/mol. The van der Waals surface area contributed by atoms with Gasteiger partial charge in [0.05, 0.1) is 0 Å². The van der Waals surface area contributed by atoms with Gasteiger partial charge in [0.15, 0.2) is 0 Å². The molecule has 0 saturated heterocycles. The van der Waals surface area contributed by atoms with Gasteiger partial charge in [-0.25, -0.2) is 0 Å². The maximum atomic E-state index is 6.12. The van der Waals surface area contributed by atoms with Crippen LogP contribution in [0.15, 0.2) is 0 Å². The minimum atomic E-state index is 0.244. The highest BCUT2D eigenvalue weighted by atomic mass is 15.3. The maximum Gasteiger partial charge on any atom is 0.0423 e. The Labute approximate surface area is 132 Å². The minimum absolute atomic E-state index is 0.244. The second kappa shape index (κ2) is 6.97. The van der Waals surface area contributed by atoms with Crippen LogP contribution in [0.1, 0.15) is 65.7 Å². The molecule has 2 saturated carbocycles. The standard InChI is InChI=1S/C18H37N3/c1-13-7-6-8-18(12-13,21(4)5)17(20-19)16-10-14(2)9-15(3)11-16/h13-17,20H,6-12,19H2,1-5H3. The molecule has 0 aromatic heterocycles. The third-order valence-corrected chi connectivity index (χ3v) is 6.34. The second-order valence-corrected chi connectivity index (χ2v) is 8.52. The van der Waals surface area contributed by atoms with Gasteiger partial charge in [0.25, 0.3) is 0 Å². The van der Waals surface area contributed by atoms with Crippen molar-refractivity contribution >= 4 is 0 Å². The molecule has 2 rings (SSSR count). The third-order valence-electron chi connectivity index (χ3n) is 6.34. The molecule has 5 unspecified atom stereocenters. The smallest absolute Gasteiger partial charge is 0.0423 e. The Kier molecular flexibility index (Phi) is 5.72. The van der Waals surface area contributed by atoms with Gasteiger partial charge < -0.3 is 4.90 Å². The van der Waals surface area contributed by atoms with Crippen molar-refractivity contribution in [3.8, 4) is 0 Å². The number of hydrogen-bond donors (Lipinski definition) is 2. The Balaban J connectivity index is 2.23. The summed E-state index contributed by atoms with van der Waals surface area (Å²) in [6.07, 6.45) is 9.36. The van der Waals surface area contributed by atoms with Gasteiger partial charge in [-0.15, -0.1) is 0 Å². The summed E-state index contributed by atoms with van der Waals surface area (Å²) in [5.41, 5.74) is 3.53. The maximum absolute atomic E-state index is 6.12. The number of nitrogens with two attached hydrogens (primary N) is 1. The summed E-state index contributed by atoms with van der Waals surface area (Å²) in [7, 11) is 4.52. The van der Waals surface area contributed by atoms with Gasteiger partial charge in [-0.05, 0) is 69.9 Å². The Morgan fingerprint density at radius 3 is 2.14 bits per heavy atom. The van der Waals surface area contributed by atoms with Gasteiger partial charge in [-0.3, -0.25) is 11.3 Å². The first-order chi connectivity index (χ1) is 9.89. The fraction of sp³-hybridized carbons (Fsp3) is 1.00. The number of likely N-dealkylation sites (N-methyl/N-ethyl adjacent to an activating group) is 1. The molecule has 0 aromatic rings. The molecule has 2 fully saturated rings. The van der Waals surface area contributed by atoms with E-state index >= 15 is 0 Å². The van der Waals surface area contributed by atoms with Crippen LogP contribution in [0.25, 0.3) is 0 Å². The van der Waals surface area contributed by atoms with E-state index < -0.39 is 0 Å². The molecule has 2 aliphatic carbocycles. The summed E-state index contributed by atoms with van der Waals surface area (Å²) in [4.78, 5) is 2.48. The van der Waals surface area contributed by atoms with Crippen LogP contribution in [0.3, 0.4) is 0 Å². The zero-order valence-electron chi connectivity index (χ0n) is 14.9. The van der Waals surface area contributed by atoms with Crippen LogP contribution in [0.2, 0.25) is 0 Å². The fourth-order valence-electron chi connectivity index (χ4n) is 5.54. The molecular weight excluding hydrogens is 258 g/mol. The minimum Gasteiger partial charge on any atom is -0.302 e. The lowest BCUT2D eigenvalue weighted by atomic mass is 9.63. The summed E-state index contributed by atoms with van der Waals surface area (Å²) < 4.78 is 0. The molecular formula is C18H37N3. The molecule has 5 atom stereocenters. The normalized spacial score (nSPS) is 43.0. The fourth-order valence-corrected chi connectivity index (χ4v) is 5.54. The van der Waals surface area contributed by atoms with E-state index in [4.69, 9.17) is 5.84 Å². The highest BCUT2D eigenvalue weighted by Crippen LogP contribution is 2.44. The lowest BCUT2D eigenvalue weighted by Gasteiger charge is -2.53. The van der Waals surface area contributed by atoms with Crippen molar-refractivity contribution in [3.05, 3.63) is 0 Å². The van der Waals surface area contributed by atoms with Gasteiger partial charge in [0, 0.05) is 11.6 Å². The lowest BCUT2D eigenvalue weighted by molar-refractivity contribution is -0.00112. The molecule has 0 amide bonds. The van der Waals surface area contributed by atoms with E-state index in [1.54, 1.807) is 0 Å².